The Morgan fingerprint density at radius 3 is 3.00 bits per heavy atom. The van der Waals surface area contributed by atoms with Crippen LogP contribution in [0.5, 0.6) is 0 Å². The van der Waals surface area contributed by atoms with Gasteiger partial charge in [0, 0.05) is 17.0 Å². The zero-order valence-electron chi connectivity index (χ0n) is 6.75. The molecule has 2 aromatic rings. The van der Waals surface area contributed by atoms with Crippen LogP contribution >= 0.6 is 27.3 Å². The van der Waals surface area contributed by atoms with E-state index in [1.165, 1.54) is 4.88 Å². The number of aromatic nitrogens is 2. The predicted molar refractivity (Wildman–Crippen MR) is 57.5 cm³/mol. The molecule has 3 nitrogen and oxygen atoms in total. The Bertz CT molecular complexity index is 407. The van der Waals surface area contributed by atoms with Gasteiger partial charge >= 0.3 is 0 Å². The normalized spacial score (nSPS) is 10.6. The number of nitrogens with two attached hydrogens (primary N) is 1. The van der Waals surface area contributed by atoms with Gasteiger partial charge in [-0.2, -0.15) is 5.10 Å². The average Bonchev–Trinajstić information content (AvgIpc) is 2.71. The van der Waals surface area contributed by atoms with Crippen molar-refractivity contribution in [3.63, 3.8) is 0 Å². The molecule has 0 aliphatic carbocycles. The summed E-state index contributed by atoms with van der Waals surface area (Å²) in [6, 6.07) is 4.08. The Hall–Kier alpha value is -0.650. The minimum atomic E-state index is 0.491. The van der Waals surface area contributed by atoms with Gasteiger partial charge in [0.2, 0.25) is 0 Å². The van der Waals surface area contributed by atoms with E-state index < -0.39 is 0 Å². The lowest BCUT2D eigenvalue weighted by molar-refractivity contribution is 0.949. The summed E-state index contributed by atoms with van der Waals surface area (Å²) in [5.41, 5.74) is 7.64. The standard InChI is InChI=1S/C8H8BrN3S/c9-8-2-1-7(13-8)5-4-11-12-6(5)3-10/h1-2,4H,3,10H2,(H,11,12). The molecular weight excluding hydrogens is 250 g/mol. The molecule has 0 saturated carbocycles. The molecule has 0 bridgehead atoms. The number of hydrogen-bond acceptors (Lipinski definition) is 3. The first-order valence-electron chi connectivity index (χ1n) is 3.79. The summed E-state index contributed by atoms with van der Waals surface area (Å²) in [7, 11) is 0. The quantitative estimate of drug-likeness (QED) is 0.868. The lowest BCUT2D eigenvalue weighted by Crippen LogP contribution is -1.97. The van der Waals surface area contributed by atoms with Crippen molar-refractivity contribution in [1.29, 1.82) is 0 Å². The molecule has 3 N–H and O–H groups in total. The SMILES string of the molecule is NCc1[nH]ncc1-c1ccc(Br)s1. The second-order valence-electron chi connectivity index (χ2n) is 2.57. The van der Waals surface area contributed by atoms with Crippen molar-refractivity contribution in [3.8, 4) is 10.4 Å². The van der Waals surface area contributed by atoms with Crippen LogP contribution in [0.15, 0.2) is 22.1 Å². The summed E-state index contributed by atoms with van der Waals surface area (Å²) in [5.74, 6) is 0. The zero-order valence-corrected chi connectivity index (χ0v) is 9.15. The van der Waals surface area contributed by atoms with Gasteiger partial charge in [-0.3, -0.25) is 5.10 Å². The molecule has 0 amide bonds. The lowest BCUT2D eigenvalue weighted by Gasteiger charge is -1.94. The van der Waals surface area contributed by atoms with Crippen LogP contribution in [0.2, 0.25) is 0 Å². The van der Waals surface area contributed by atoms with E-state index >= 15 is 0 Å². The van der Waals surface area contributed by atoms with Gasteiger partial charge in [0.05, 0.1) is 15.7 Å². The Labute approximate surface area is 88.1 Å². The van der Waals surface area contributed by atoms with Crippen LogP contribution in [0.4, 0.5) is 0 Å². The fraction of sp³-hybridized carbons (Fsp3) is 0.125. The van der Waals surface area contributed by atoms with E-state index in [0.29, 0.717) is 6.54 Å². The molecule has 0 atom stereocenters. The van der Waals surface area contributed by atoms with Gasteiger partial charge in [0.25, 0.3) is 0 Å². The molecule has 0 aliphatic heterocycles. The Balaban J connectivity index is 2.45. The average molecular weight is 258 g/mol. The van der Waals surface area contributed by atoms with Crippen molar-refractivity contribution in [2.45, 2.75) is 6.54 Å². The Morgan fingerprint density at radius 2 is 2.38 bits per heavy atom. The van der Waals surface area contributed by atoms with Crippen LogP contribution in [0.25, 0.3) is 10.4 Å². The van der Waals surface area contributed by atoms with Crippen LogP contribution in [-0.4, -0.2) is 10.2 Å². The molecule has 2 rings (SSSR count). The third-order valence-electron chi connectivity index (χ3n) is 1.76. The van der Waals surface area contributed by atoms with Crippen LogP contribution in [0, 0.1) is 0 Å². The van der Waals surface area contributed by atoms with Gasteiger partial charge in [0.1, 0.15) is 0 Å². The molecular formula is C8H8BrN3S. The van der Waals surface area contributed by atoms with Gasteiger partial charge in [-0.15, -0.1) is 11.3 Å². The molecule has 0 fully saturated rings. The Kier molecular flexibility index (Phi) is 2.48. The van der Waals surface area contributed by atoms with E-state index in [2.05, 4.69) is 32.2 Å². The molecule has 0 saturated heterocycles. The molecule has 0 spiro atoms. The molecule has 0 unspecified atom stereocenters. The van der Waals surface area contributed by atoms with Gasteiger partial charge in [-0.05, 0) is 28.1 Å². The van der Waals surface area contributed by atoms with Gasteiger partial charge in [0.15, 0.2) is 0 Å². The number of halogens is 1. The molecule has 2 aromatic heterocycles. The van der Waals surface area contributed by atoms with E-state index in [1.54, 1.807) is 17.5 Å². The summed E-state index contributed by atoms with van der Waals surface area (Å²) < 4.78 is 1.12. The summed E-state index contributed by atoms with van der Waals surface area (Å²) in [5, 5.41) is 6.84. The number of hydrogen-bond donors (Lipinski definition) is 2. The summed E-state index contributed by atoms with van der Waals surface area (Å²) in [4.78, 5) is 1.18. The summed E-state index contributed by atoms with van der Waals surface area (Å²) in [6.07, 6.45) is 1.81. The maximum Gasteiger partial charge on any atom is 0.0705 e. The lowest BCUT2D eigenvalue weighted by atomic mass is 10.2. The van der Waals surface area contributed by atoms with Gasteiger partial charge < -0.3 is 5.73 Å². The van der Waals surface area contributed by atoms with Crippen molar-refractivity contribution >= 4 is 27.3 Å². The van der Waals surface area contributed by atoms with Gasteiger partial charge in [-0.25, -0.2) is 0 Å². The highest BCUT2D eigenvalue weighted by atomic mass is 79.9. The van der Waals surface area contributed by atoms with Crippen molar-refractivity contribution in [1.82, 2.24) is 10.2 Å². The first-order chi connectivity index (χ1) is 6.31. The topological polar surface area (TPSA) is 54.7 Å². The summed E-state index contributed by atoms with van der Waals surface area (Å²) in [6.45, 7) is 0.491. The predicted octanol–water partition coefficient (Wildman–Crippen LogP) is 2.36. The molecule has 68 valence electrons. The minimum Gasteiger partial charge on any atom is -0.325 e. The third kappa shape index (κ3) is 1.67. The molecule has 5 heteroatoms. The highest BCUT2D eigenvalue weighted by Gasteiger charge is 2.07. The maximum absolute atomic E-state index is 5.56. The highest BCUT2D eigenvalue weighted by Crippen LogP contribution is 2.32. The van der Waals surface area contributed by atoms with Crippen LogP contribution in [0.3, 0.4) is 0 Å². The molecule has 0 aliphatic rings. The van der Waals surface area contributed by atoms with Gasteiger partial charge in [-0.1, -0.05) is 0 Å². The van der Waals surface area contributed by atoms with Crippen LogP contribution < -0.4 is 5.73 Å². The molecule has 0 aromatic carbocycles. The number of thiophene rings is 1. The number of nitrogens with zero attached hydrogens (tertiary/aromatic N) is 1. The second kappa shape index (κ2) is 3.61. The first-order valence-corrected chi connectivity index (χ1v) is 5.40. The van der Waals surface area contributed by atoms with Crippen molar-refractivity contribution in [2.24, 2.45) is 5.73 Å². The van der Waals surface area contributed by atoms with Crippen LogP contribution in [0.1, 0.15) is 5.69 Å². The van der Waals surface area contributed by atoms with E-state index in [0.717, 1.165) is 15.0 Å². The smallest absolute Gasteiger partial charge is 0.0705 e. The molecule has 2 heterocycles. The number of rotatable bonds is 2. The number of H-pyrrole nitrogens is 1. The first kappa shape index (κ1) is 8.93. The number of aromatic amines is 1. The minimum absolute atomic E-state index is 0.491. The van der Waals surface area contributed by atoms with Crippen LogP contribution in [-0.2, 0) is 6.54 Å². The van der Waals surface area contributed by atoms with E-state index in [9.17, 15) is 0 Å². The van der Waals surface area contributed by atoms with E-state index in [4.69, 9.17) is 5.73 Å². The van der Waals surface area contributed by atoms with Crippen molar-refractivity contribution < 1.29 is 0 Å². The Morgan fingerprint density at radius 1 is 1.54 bits per heavy atom. The van der Waals surface area contributed by atoms with E-state index in [1.807, 2.05) is 6.07 Å². The maximum atomic E-state index is 5.56. The number of nitrogens with one attached hydrogen (secondary N) is 1. The monoisotopic (exact) mass is 257 g/mol. The molecule has 0 radical (unpaired) electrons. The largest absolute Gasteiger partial charge is 0.325 e. The fourth-order valence-electron chi connectivity index (χ4n) is 1.14. The highest BCUT2D eigenvalue weighted by molar-refractivity contribution is 9.11. The molecule has 13 heavy (non-hydrogen) atoms. The third-order valence-corrected chi connectivity index (χ3v) is 3.42. The zero-order chi connectivity index (χ0) is 9.26. The van der Waals surface area contributed by atoms with Crippen molar-refractivity contribution in [3.05, 3.63) is 27.8 Å². The van der Waals surface area contributed by atoms with E-state index in [-0.39, 0.29) is 0 Å². The fourth-order valence-corrected chi connectivity index (χ4v) is 2.56. The summed E-state index contributed by atoms with van der Waals surface area (Å²) >= 11 is 5.10. The van der Waals surface area contributed by atoms with Crippen molar-refractivity contribution in [2.75, 3.05) is 0 Å². The second-order valence-corrected chi connectivity index (χ2v) is 5.03.